The lowest BCUT2D eigenvalue weighted by Crippen LogP contribution is -2.00. The van der Waals surface area contributed by atoms with Gasteiger partial charge in [0, 0.05) is 0 Å². The van der Waals surface area contributed by atoms with Gasteiger partial charge in [-0.25, -0.2) is 4.68 Å². The zero-order valence-electron chi connectivity index (χ0n) is 8.33. The molecule has 0 amide bonds. The summed E-state index contributed by atoms with van der Waals surface area (Å²) in [6.07, 6.45) is 0. The number of aryl methyl sites for hydroxylation is 1. The van der Waals surface area contributed by atoms with Gasteiger partial charge >= 0.3 is 10.2 Å². The van der Waals surface area contributed by atoms with Crippen molar-refractivity contribution < 1.29 is 12.3 Å². The average molecular weight is 241 g/mol. The first-order chi connectivity index (χ1) is 7.48. The number of nitrogens with zero attached hydrogens (tertiary/aromatic N) is 3. The fraction of sp³-hybridized carbons (Fsp3) is 0.111. The summed E-state index contributed by atoms with van der Waals surface area (Å²) in [5.74, 6) is 0.308. The Bertz CT molecular complexity index is 607. The summed E-state index contributed by atoms with van der Waals surface area (Å²) in [7, 11) is -4.86. The normalized spacial score (nSPS) is 11.6. The Morgan fingerprint density at radius 1 is 1.25 bits per heavy atom. The molecule has 0 saturated carbocycles. The van der Waals surface area contributed by atoms with Crippen molar-refractivity contribution in [2.24, 2.45) is 0 Å². The smallest absolute Gasteiger partial charge is 0.217 e. The van der Waals surface area contributed by atoms with E-state index >= 15 is 0 Å². The molecule has 0 unspecified atom stereocenters. The second-order valence-corrected chi connectivity index (χ2v) is 4.37. The third-order valence-electron chi connectivity index (χ3n) is 1.97. The molecule has 2 aromatic rings. The van der Waals surface area contributed by atoms with E-state index in [1.54, 1.807) is 31.2 Å². The summed E-state index contributed by atoms with van der Waals surface area (Å²) < 4.78 is 35.2. The van der Waals surface area contributed by atoms with Gasteiger partial charge < -0.3 is 0 Å². The highest BCUT2D eigenvalue weighted by molar-refractivity contribution is 7.86. The molecule has 2 rings (SSSR count). The molecular formula is C9H8FN3O2S. The lowest BCUT2D eigenvalue weighted by atomic mass is 10.3. The molecule has 0 aliphatic rings. The van der Waals surface area contributed by atoms with Crippen LogP contribution in [-0.4, -0.2) is 23.2 Å². The van der Waals surface area contributed by atoms with Crippen molar-refractivity contribution in [1.29, 1.82) is 0 Å². The average Bonchev–Trinajstić information content (AvgIpc) is 2.61. The summed E-state index contributed by atoms with van der Waals surface area (Å²) in [6.45, 7) is 1.55. The molecule has 5 nitrogen and oxygen atoms in total. The van der Waals surface area contributed by atoms with Crippen LogP contribution in [0.3, 0.4) is 0 Å². The molecule has 1 heterocycles. The van der Waals surface area contributed by atoms with Crippen molar-refractivity contribution in [1.82, 2.24) is 14.8 Å². The van der Waals surface area contributed by atoms with Gasteiger partial charge in [-0.2, -0.15) is 13.4 Å². The first kappa shape index (κ1) is 10.7. The predicted octanol–water partition coefficient (Wildman–Crippen LogP) is 1.23. The highest BCUT2D eigenvalue weighted by atomic mass is 32.3. The van der Waals surface area contributed by atoms with Crippen molar-refractivity contribution >= 4 is 10.2 Å². The molecule has 0 aliphatic carbocycles. The monoisotopic (exact) mass is 241 g/mol. The van der Waals surface area contributed by atoms with Gasteiger partial charge in [0.05, 0.1) is 5.69 Å². The number of halogens is 1. The molecule has 0 bridgehead atoms. The van der Waals surface area contributed by atoms with Crippen molar-refractivity contribution in [2.45, 2.75) is 12.1 Å². The molecule has 0 atom stereocenters. The molecule has 0 radical (unpaired) electrons. The molecule has 1 aromatic heterocycles. The summed E-state index contributed by atoms with van der Waals surface area (Å²) in [4.78, 5) is 3.55. The van der Waals surface area contributed by atoms with Crippen molar-refractivity contribution in [3.8, 4) is 5.69 Å². The highest BCUT2D eigenvalue weighted by Gasteiger charge is 2.20. The second-order valence-electron chi connectivity index (χ2n) is 3.13. The molecule has 0 saturated heterocycles. The standard InChI is InChI=1S/C9H8FN3O2S/c1-7-11-9(16(10,14)15)12-13(7)8-5-3-2-4-6-8/h2-6H,1H3. The first-order valence-corrected chi connectivity index (χ1v) is 5.80. The highest BCUT2D eigenvalue weighted by Crippen LogP contribution is 2.12. The minimum atomic E-state index is -4.86. The van der Waals surface area contributed by atoms with E-state index in [0.29, 0.717) is 11.5 Å². The molecule has 1 aromatic carbocycles. The summed E-state index contributed by atoms with van der Waals surface area (Å²) in [5.41, 5.74) is 0.627. The molecule has 0 N–H and O–H groups in total. The van der Waals surface area contributed by atoms with E-state index in [1.807, 2.05) is 6.07 Å². The minimum absolute atomic E-state index is 0.308. The van der Waals surface area contributed by atoms with E-state index < -0.39 is 15.4 Å². The fourth-order valence-corrected chi connectivity index (χ4v) is 1.70. The van der Waals surface area contributed by atoms with Crippen molar-refractivity contribution in [3.05, 3.63) is 36.2 Å². The van der Waals surface area contributed by atoms with Crippen LogP contribution in [0.25, 0.3) is 5.69 Å². The van der Waals surface area contributed by atoms with Crippen LogP contribution in [0.1, 0.15) is 5.82 Å². The third kappa shape index (κ3) is 1.94. The molecule has 0 fully saturated rings. The van der Waals surface area contributed by atoms with Crippen LogP contribution < -0.4 is 0 Å². The Morgan fingerprint density at radius 3 is 2.38 bits per heavy atom. The van der Waals surface area contributed by atoms with Crippen LogP contribution in [0.15, 0.2) is 35.5 Å². The van der Waals surface area contributed by atoms with Gasteiger partial charge in [0.25, 0.3) is 5.16 Å². The molecule has 84 valence electrons. The van der Waals surface area contributed by atoms with Crippen molar-refractivity contribution in [2.75, 3.05) is 0 Å². The van der Waals surface area contributed by atoms with Crippen LogP contribution in [0.4, 0.5) is 3.89 Å². The Labute approximate surface area is 91.8 Å². The minimum Gasteiger partial charge on any atom is -0.217 e. The Balaban J connectivity index is 2.57. The third-order valence-corrected chi connectivity index (χ3v) is 2.58. The van der Waals surface area contributed by atoms with E-state index in [2.05, 4.69) is 10.1 Å². The number of aromatic nitrogens is 3. The van der Waals surface area contributed by atoms with E-state index in [1.165, 1.54) is 4.68 Å². The molecular weight excluding hydrogens is 233 g/mol. The van der Waals surface area contributed by atoms with Crippen LogP contribution in [0.2, 0.25) is 0 Å². The van der Waals surface area contributed by atoms with Gasteiger partial charge in [-0.3, -0.25) is 0 Å². The Kier molecular flexibility index (Phi) is 2.47. The van der Waals surface area contributed by atoms with Crippen LogP contribution in [0.5, 0.6) is 0 Å². The number of para-hydroxylation sites is 1. The lowest BCUT2D eigenvalue weighted by Gasteiger charge is -2.00. The topological polar surface area (TPSA) is 64.8 Å². The summed E-state index contributed by atoms with van der Waals surface area (Å²) in [5, 5.41) is 2.78. The van der Waals surface area contributed by atoms with Crippen LogP contribution >= 0.6 is 0 Å². The van der Waals surface area contributed by atoms with Crippen LogP contribution in [-0.2, 0) is 10.2 Å². The summed E-state index contributed by atoms with van der Waals surface area (Å²) >= 11 is 0. The zero-order valence-corrected chi connectivity index (χ0v) is 9.15. The summed E-state index contributed by atoms with van der Waals surface area (Å²) in [6, 6.07) is 8.77. The van der Waals surface area contributed by atoms with Gasteiger partial charge in [0.15, 0.2) is 0 Å². The number of benzene rings is 1. The maximum atomic E-state index is 12.7. The fourth-order valence-electron chi connectivity index (χ4n) is 1.28. The SMILES string of the molecule is Cc1nc(S(=O)(=O)F)nn1-c1ccccc1. The number of rotatable bonds is 2. The van der Waals surface area contributed by atoms with E-state index in [9.17, 15) is 12.3 Å². The first-order valence-electron chi connectivity index (χ1n) is 4.42. The number of hydrogen-bond acceptors (Lipinski definition) is 4. The van der Waals surface area contributed by atoms with E-state index in [4.69, 9.17) is 0 Å². The van der Waals surface area contributed by atoms with Gasteiger partial charge in [-0.1, -0.05) is 22.1 Å². The van der Waals surface area contributed by atoms with E-state index in [0.717, 1.165) is 0 Å². The van der Waals surface area contributed by atoms with Gasteiger partial charge in [-0.05, 0) is 19.1 Å². The van der Waals surface area contributed by atoms with Gasteiger partial charge in [-0.15, -0.1) is 5.10 Å². The molecule has 7 heteroatoms. The maximum absolute atomic E-state index is 12.7. The zero-order chi connectivity index (χ0) is 11.8. The Hall–Kier alpha value is -1.76. The van der Waals surface area contributed by atoms with Gasteiger partial charge in [0.1, 0.15) is 5.82 Å². The second kappa shape index (κ2) is 3.67. The number of hydrogen-bond donors (Lipinski definition) is 0. The quantitative estimate of drug-likeness (QED) is 0.742. The predicted molar refractivity (Wildman–Crippen MR) is 54.4 cm³/mol. The lowest BCUT2D eigenvalue weighted by molar-refractivity contribution is 0.541. The maximum Gasteiger partial charge on any atom is 0.369 e. The van der Waals surface area contributed by atoms with Crippen molar-refractivity contribution in [3.63, 3.8) is 0 Å². The molecule has 16 heavy (non-hydrogen) atoms. The molecule has 0 spiro atoms. The Morgan fingerprint density at radius 2 is 1.88 bits per heavy atom. The van der Waals surface area contributed by atoms with Crippen LogP contribution in [0, 0.1) is 6.92 Å². The van der Waals surface area contributed by atoms with Gasteiger partial charge in [0.2, 0.25) is 0 Å². The van der Waals surface area contributed by atoms with E-state index in [-0.39, 0.29) is 0 Å². The molecule has 0 aliphatic heterocycles. The largest absolute Gasteiger partial charge is 0.369 e.